The lowest BCUT2D eigenvalue weighted by Crippen LogP contribution is -2.17. The Morgan fingerprint density at radius 3 is 2.81 bits per heavy atom. The Labute approximate surface area is 105 Å². The molecule has 16 heavy (non-hydrogen) atoms. The van der Waals surface area contributed by atoms with Gasteiger partial charge in [0.15, 0.2) is 0 Å². The third-order valence-electron chi connectivity index (χ3n) is 2.25. The van der Waals surface area contributed by atoms with Gasteiger partial charge in [-0.25, -0.2) is 0 Å². The van der Waals surface area contributed by atoms with Gasteiger partial charge >= 0.3 is 0 Å². The Kier molecular flexibility index (Phi) is 6.64. The Balaban J connectivity index is 2.47. The zero-order valence-corrected chi connectivity index (χ0v) is 11.1. The first-order valence-electron chi connectivity index (χ1n) is 5.34. The molecule has 1 aromatic carbocycles. The number of halogens is 1. The van der Waals surface area contributed by atoms with Crippen LogP contribution in [0.3, 0.4) is 0 Å². The molecule has 0 heterocycles. The molecule has 1 unspecified atom stereocenters. The minimum Gasteiger partial charge on any atom is -0.385 e. The van der Waals surface area contributed by atoms with E-state index < -0.39 is 0 Å². The van der Waals surface area contributed by atoms with Crippen LogP contribution in [0.5, 0.6) is 0 Å². The quantitative estimate of drug-likeness (QED) is 0.784. The largest absolute Gasteiger partial charge is 0.385 e. The minimum absolute atomic E-state index is 0.0330. The summed E-state index contributed by atoms with van der Waals surface area (Å²) in [6.45, 7) is 1.88. The molecule has 1 aromatic rings. The van der Waals surface area contributed by atoms with Gasteiger partial charge in [-0.3, -0.25) is 0 Å². The SMILES string of the molecule is COCCCOC(CN)c1cccc(Br)c1. The Morgan fingerprint density at radius 2 is 2.19 bits per heavy atom. The van der Waals surface area contributed by atoms with Crippen LogP contribution in [0.1, 0.15) is 18.1 Å². The number of methoxy groups -OCH3 is 1. The Bertz CT molecular complexity index is 307. The van der Waals surface area contributed by atoms with E-state index in [-0.39, 0.29) is 6.10 Å². The van der Waals surface area contributed by atoms with Gasteiger partial charge in [-0.05, 0) is 24.1 Å². The summed E-state index contributed by atoms with van der Waals surface area (Å²) in [6, 6.07) is 8.04. The van der Waals surface area contributed by atoms with Gasteiger partial charge in [0.1, 0.15) is 0 Å². The van der Waals surface area contributed by atoms with Gasteiger partial charge in [-0.15, -0.1) is 0 Å². The van der Waals surface area contributed by atoms with Crippen molar-refractivity contribution in [2.75, 3.05) is 26.9 Å². The summed E-state index contributed by atoms with van der Waals surface area (Å²) in [4.78, 5) is 0. The maximum absolute atomic E-state index is 5.71. The van der Waals surface area contributed by atoms with E-state index in [4.69, 9.17) is 15.2 Å². The highest BCUT2D eigenvalue weighted by Crippen LogP contribution is 2.20. The molecular formula is C12H18BrNO2. The normalized spacial score (nSPS) is 12.7. The van der Waals surface area contributed by atoms with E-state index in [1.165, 1.54) is 0 Å². The lowest BCUT2D eigenvalue weighted by Gasteiger charge is -2.16. The molecule has 3 nitrogen and oxygen atoms in total. The van der Waals surface area contributed by atoms with Crippen LogP contribution in [0.2, 0.25) is 0 Å². The van der Waals surface area contributed by atoms with Crippen LogP contribution in [0.15, 0.2) is 28.7 Å². The van der Waals surface area contributed by atoms with Crippen LogP contribution < -0.4 is 5.73 Å². The molecule has 1 rings (SSSR count). The van der Waals surface area contributed by atoms with Gasteiger partial charge in [0, 0.05) is 31.3 Å². The van der Waals surface area contributed by atoms with E-state index in [0.717, 1.165) is 23.1 Å². The summed E-state index contributed by atoms with van der Waals surface area (Å²) < 4.78 is 11.7. The van der Waals surface area contributed by atoms with Crippen molar-refractivity contribution in [3.63, 3.8) is 0 Å². The second kappa shape index (κ2) is 7.79. The number of hydrogen-bond acceptors (Lipinski definition) is 3. The molecule has 0 aliphatic carbocycles. The number of ether oxygens (including phenoxy) is 2. The average Bonchev–Trinajstić information content (AvgIpc) is 2.29. The van der Waals surface area contributed by atoms with Gasteiger partial charge in [0.25, 0.3) is 0 Å². The smallest absolute Gasteiger partial charge is 0.0947 e. The van der Waals surface area contributed by atoms with Crippen LogP contribution in [0.25, 0.3) is 0 Å². The van der Waals surface area contributed by atoms with Crippen molar-refractivity contribution in [1.29, 1.82) is 0 Å². The first kappa shape index (κ1) is 13.6. The van der Waals surface area contributed by atoms with E-state index in [1.807, 2.05) is 24.3 Å². The van der Waals surface area contributed by atoms with Gasteiger partial charge in [0.05, 0.1) is 6.10 Å². The third kappa shape index (κ3) is 4.61. The van der Waals surface area contributed by atoms with Crippen molar-refractivity contribution in [2.45, 2.75) is 12.5 Å². The lowest BCUT2D eigenvalue weighted by atomic mass is 10.1. The summed E-state index contributed by atoms with van der Waals surface area (Å²) in [5, 5.41) is 0. The summed E-state index contributed by atoms with van der Waals surface area (Å²) in [5.74, 6) is 0. The topological polar surface area (TPSA) is 44.5 Å². The minimum atomic E-state index is -0.0330. The predicted octanol–water partition coefficient (Wildman–Crippen LogP) is 2.50. The monoisotopic (exact) mass is 287 g/mol. The van der Waals surface area contributed by atoms with Crippen molar-refractivity contribution >= 4 is 15.9 Å². The van der Waals surface area contributed by atoms with Crippen molar-refractivity contribution < 1.29 is 9.47 Å². The van der Waals surface area contributed by atoms with Crippen LogP contribution >= 0.6 is 15.9 Å². The first-order chi connectivity index (χ1) is 7.77. The van der Waals surface area contributed by atoms with Gasteiger partial charge in [-0.2, -0.15) is 0 Å². The van der Waals surface area contributed by atoms with Gasteiger partial charge in [0.2, 0.25) is 0 Å². The van der Waals surface area contributed by atoms with Crippen LogP contribution in [0.4, 0.5) is 0 Å². The number of hydrogen-bond donors (Lipinski definition) is 1. The highest BCUT2D eigenvalue weighted by Gasteiger charge is 2.09. The molecule has 0 aliphatic rings. The van der Waals surface area contributed by atoms with E-state index in [2.05, 4.69) is 15.9 Å². The fourth-order valence-electron chi connectivity index (χ4n) is 1.44. The summed E-state index contributed by atoms with van der Waals surface area (Å²) in [5.41, 5.74) is 6.80. The van der Waals surface area contributed by atoms with Gasteiger partial charge in [-0.1, -0.05) is 28.1 Å². The fourth-order valence-corrected chi connectivity index (χ4v) is 1.85. The van der Waals surface area contributed by atoms with E-state index in [9.17, 15) is 0 Å². The maximum Gasteiger partial charge on any atom is 0.0947 e. The maximum atomic E-state index is 5.71. The molecule has 0 fully saturated rings. The lowest BCUT2D eigenvalue weighted by molar-refractivity contribution is 0.0439. The second-order valence-electron chi connectivity index (χ2n) is 3.50. The molecule has 4 heteroatoms. The fraction of sp³-hybridized carbons (Fsp3) is 0.500. The number of rotatable bonds is 7. The van der Waals surface area contributed by atoms with Crippen LogP contribution in [-0.4, -0.2) is 26.9 Å². The molecule has 1 atom stereocenters. The Hall–Kier alpha value is -0.420. The molecule has 0 bridgehead atoms. The van der Waals surface area contributed by atoms with Crippen molar-refractivity contribution in [1.82, 2.24) is 0 Å². The number of benzene rings is 1. The summed E-state index contributed by atoms with van der Waals surface area (Å²) in [7, 11) is 1.69. The van der Waals surface area contributed by atoms with Crippen molar-refractivity contribution in [2.24, 2.45) is 5.73 Å². The second-order valence-corrected chi connectivity index (χ2v) is 4.41. The third-order valence-corrected chi connectivity index (χ3v) is 2.74. The van der Waals surface area contributed by atoms with E-state index in [1.54, 1.807) is 7.11 Å². The highest BCUT2D eigenvalue weighted by atomic mass is 79.9. The Morgan fingerprint density at radius 1 is 1.38 bits per heavy atom. The standard InChI is InChI=1S/C12H18BrNO2/c1-15-6-3-7-16-12(9-14)10-4-2-5-11(13)8-10/h2,4-5,8,12H,3,6-7,9,14H2,1H3. The van der Waals surface area contributed by atoms with Crippen LogP contribution in [-0.2, 0) is 9.47 Å². The van der Waals surface area contributed by atoms with E-state index >= 15 is 0 Å². The molecule has 0 radical (unpaired) electrons. The van der Waals surface area contributed by atoms with Crippen molar-refractivity contribution in [3.05, 3.63) is 34.3 Å². The molecule has 0 saturated carbocycles. The first-order valence-corrected chi connectivity index (χ1v) is 6.13. The van der Waals surface area contributed by atoms with Crippen LogP contribution in [0, 0.1) is 0 Å². The highest BCUT2D eigenvalue weighted by molar-refractivity contribution is 9.10. The summed E-state index contributed by atoms with van der Waals surface area (Å²) in [6.07, 6.45) is 0.857. The van der Waals surface area contributed by atoms with Gasteiger partial charge < -0.3 is 15.2 Å². The molecule has 0 aliphatic heterocycles. The van der Waals surface area contributed by atoms with Crippen molar-refractivity contribution in [3.8, 4) is 0 Å². The average molecular weight is 288 g/mol. The molecule has 0 saturated heterocycles. The number of nitrogens with two attached hydrogens (primary N) is 1. The molecule has 0 amide bonds. The zero-order valence-electron chi connectivity index (χ0n) is 9.49. The zero-order chi connectivity index (χ0) is 11.8. The molecular weight excluding hydrogens is 270 g/mol. The summed E-state index contributed by atoms with van der Waals surface area (Å²) >= 11 is 3.44. The molecule has 0 aromatic heterocycles. The molecule has 2 N–H and O–H groups in total. The molecule has 90 valence electrons. The predicted molar refractivity (Wildman–Crippen MR) is 68.4 cm³/mol. The molecule has 0 spiro atoms. The van der Waals surface area contributed by atoms with E-state index in [0.29, 0.717) is 13.2 Å².